The summed E-state index contributed by atoms with van der Waals surface area (Å²) in [6, 6.07) is 0. The van der Waals surface area contributed by atoms with Gasteiger partial charge < -0.3 is 0 Å². The normalized spacial score (nSPS) is 28.0. The van der Waals surface area contributed by atoms with E-state index in [1.807, 2.05) is 0 Å². The van der Waals surface area contributed by atoms with Crippen molar-refractivity contribution in [2.75, 3.05) is 0 Å². The van der Waals surface area contributed by atoms with Crippen LogP contribution in [0.2, 0.25) is 0 Å². The highest BCUT2D eigenvalue weighted by molar-refractivity contribution is 4.82. The molecule has 0 aromatic heterocycles. The Kier molecular flexibility index (Phi) is 2.85. The Hall–Kier alpha value is 0. The van der Waals surface area contributed by atoms with E-state index in [4.69, 9.17) is 0 Å². The van der Waals surface area contributed by atoms with Gasteiger partial charge in [0, 0.05) is 0 Å². The molecule has 0 N–H and O–H groups in total. The summed E-state index contributed by atoms with van der Waals surface area (Å²) in [6.45, 7) is 9.27. The van der Waals surface area contributed by atoms with E-state index in [9.17, 15) is 0 Å². The molecule has 0 amide bonds. The van der Waals surface area contributed by atoms with Crippen molar-refractivity contribution in [3.8, 4) is 0 Å². The first-order chi connectivity index (χ1) is 5.47. The van der Waals surface area contributed by atoms with E-state index in [0.717, 1.165) is 10.8 Å². The van der Waals surface area contributed by atoms with Crippen LogP contribution in [0.4, 0.5) is 0 Å². The second-order valence-electron chi connectivity index (χ2n) is 5.68. The molecule has 0 nitrogen and oxygen atoms in total. The van der Waals surface area contributed by atoms with Crippen molar-refractivity contribution in [2.45, 2.75) is 66.2 Å². The van der Waals surface area contributed by atoms with E-state index in [-0.39, 0.29) is 0 Å². The van der Waals surface area contributed by atoms with Gasteiger partial charge in [-0.2, -0.15) is 0 Å². The molecule has 0 aromatic rings. The highest BCUT2D eigenvalue weighted by Crippen LogP contribution is 2.43. The van der Waals surface area contributed by atoms with Crippen LogP contribution < -0.4 is 0 Å². The van der Waals surface area contributed by atoms with Gasteiger partial charge in [-0.05, 0) is 36.5 Å². The zero-order valence-corrected chi connectivity index (χ0v) is 9.24. The molecule has 0 saturated heterocycles. The first-order valence-corrected chi connectivity index (χ1v) is 5.47. The summed E-state index contributed by atoms with van der Waals surface area (Å²) in [6.07, 6.45) is 8.71. The molecule has 2 rings (SSSR count). The first-order valence-electron chi connectivity index (χ1n) is 5.47. The van der Waals surface area contributed by atoms with Gasteiger partial charge in [0.15, 0.2) is 0 Å². The van der Waals surface area contributed by atoms with E-state index in [2.05, 4.69) is 27.7 Å². The number of hydrogen-bond donors (Lipinski definition) is 0. The number of hydrogen-bond acceptors (Lipinski definition) is 0. The van der Waals surface area contributed by atoms with Gasteiger partial charge in [-0.15, -0.1) is 0 Å². The van der Waals surface area contributed by atoms with Crippen LogP contribution in [0.1, 0.15) is 66.2 Å². The Morgan fingerprint density at radius 3 is 1.33 bits per heavy atom. The standard InChI is InChI=1S/C7H14.C5H10/c1-3-7(2)5-4-6-7;1-5(2)3-4-5/h3-6H2,1-2H3;3-4H2,1-2H3. The van der Waals surface area contributed by atoms with Crippen molar-refractivity contribution in [1.29, 1.82) is 0 Å². The minimum atomic E-state index is 0.750. The topological polar surface area (TPSA) is 0 Å². The lowest BCUT2D eigenvalue weighted by atomic mass is 9.69. The highest BCUT2D eigenvalue weighted by atomic mass is 14.4. The Morgan fingerprint density at radius 2 is 1.33 bits per heavy atom. The summed E-state index contributed by atoms with van der Waals surface area (Å²) >= 11 is 0. The first kappa shape index (κ1) is 10.1. The van der Waals surface area contributed by atoms with Crippen molar-refractivity contribution in [2.24, 2.45) is 10.8 Å². The van der Waals surface area contributed by atoms with E-state index >= 15 is 0 Å². The van der Waals surface area contributed by atoms with Crippen LogP contribution in [-0.4, -0.2) is 0 Å². The van der Waals surface area contributed by atoms with E-state index in [1.165, 1.54) is 38.5 Å². The van der Waals surface area contributed by atoms with Crippen LogP contribution in [0, 0.1) is 10.8 Å². The molecule has 0 unspecified atom stereocenters. The van der Waals surface area contributed by atoms with Crippen molar-refractivity contribution in [3.05, 3.63) is 0 Å². The van der Waals surface area contributed by atoms with Crippen LogP contribution >= 0.6 is 0 Å². The third-order valence-electron chi connectivity index (χ3n) is 3.66. The zero-order chi connectivity index (χ0) is 9.24. The summed E-state index contributed by atoms with van der Waals surface area (Å²) in [4.78, 5) is 0. The lowest BCUT2D eigenvalue weighted by Gasteiger charge is -2.37. The Morgan fingerprint density at radius 1 is 0.917 bits per heavy atom. The van der Waals surface area contributed by atoms with Gasteiger partial charge in [0.2, 0.25) is 0 Å². The molecular formula is C12H24. The van der Waals surface area contributed by atoms with Gasteiger partial charge in [-0.25, -0.2) is 0 Å². The van der Waals surface area contributed by atoms with Crippen LogP contribution in [0.15, 0.2) is 0 Å². The third kappa shape index (κ3) is 3.16. The molecule has 2 aliphatic rings. The van der Waals surface area contributed by atoms with Crippen molar-refractivity contribution >= 4 is 0 Å². The molecule has 2 aliphatic carbocycles. The molecule has 2 saturated carbocycles. The van der Waals surface area contributed by atoms with E-state index < -0.39 is 0 Å². The SMILES string of the molecule is CC1(C)CC1.CCC1(C)CCC1. The van der Waals surface area contributed by atoms with Crippen LogP contribution in [0.25, 0.3) is 0 Å². The largest absolute Gasteiger partial charge is 0.0649 e. The van der Waals surface area contributed by atoms with Gasteiger partial charge in [0.25, 0.3) is 0 Å². The maximum atomic E-state index is 2.39. The van der Waals surface area contributed by atoms with E-state index in [0.29, 0.717) is 0 Å². The summed E-state index contributed by atoms with van der Waals surface area (Å²) in [5.41, 5.74) is 1.51. The monoisotopic (exact) mass is 168 g/mol. The third-order valence-corrected chi connectivity index (χ3v) is 3.66. The molecule has 0 heterocycles. The molecule has 0 aliphatic heterocycles. The second-order valence-corrected chi connectivity index (χ2v) is 5.68. The minimum absolute atomic E-state index is 0.750. The lowest BCUT2D eigenvalue weighted by molar-refractivity contribution is 0.155. The van der Waals surface area contributed by atoms with Gasteiger partial charge in [0.05, 0.1) is 0 Å². The summed E-state index contributed by atoms with van der Waals surface area (Å²) in [5, 5.41) is 0. The van der Waals surface area contributed by atoms with Crippen molar-refractivity contribution in [3.63, 3.8) is 0 Å². The molecule has 0 atom stereocenters. The fraction of sp³-hybridized carbons (Fsp3) is 1.00. The fourth-order valence-corrected chi connectivity index (χ4v) is 1.38. The van der Waals surface area contributed by atoms with E-state index in [1.54, 1.807) is 0 Å². The smallest absolute Gasteiger partial charge is 0.0328 e. The summed E-state index contributed by atoms with van der Waals surface area (Å²) in [5.74, 6) is 0. The molecule has 0 spiro atoms. The van der Waals surface area contributed by atoms with Gasteiger partial charge in [-0.1, -0.05) is 40.5 Å². The average Bonchev–Trinajstić information content (AvgIpc) is 2.62. The molecule has 0 bridgehead atoms. The van der Waals surface area contributed by atoms with Crippen molar-refractivity contribution in [1.82, 2.24) is 0 Å². The van der Waals surface area contributed by atoms with Crippen LogP contribution in [0.5, 0.6) is 0 Å². The van der Waals surface area contributed by atoms with Gasteiger partial charge in [-0.3, -0.25) is 0 Å². The average molecular weight is 168 g/mol. The van der Waals surface area contributed by atoms with Gasteiger partial charge in [0.1, 0.15) is 0 Å². The molecule has 0 heteroatoms. The molecule has 72 valence electrons. The number of rotatable bonds is 1. The molecule has 12 heavy (non-hydrogen) atoms. The Labute approximate surface area is 77.7 Å². The van der Waals surface area contributed by atoms with Crippen LogP contribution in [0.3, 0.4) is 0 Å². The Bertz CT molecular complexity index is 129. The predicted molar refractivity (Wildman–Crippen MR) is 55.3 cm³/mol. The minimum Gasteiger partial charge on any atom is -0.0649 e. The van der Waals surface area contributed by atoms with Gasteiger partial charge >= 0.3 is 0 Å². The highest BCUT2D eigenvalue weighted by Gasteiger charge is 2.30. The maximum absolute atomic E-state index is 2.39. The molecule has 2 fully saturated rings. The van der Waals surface area contributed by atoms with Crippen LogP contribution in [-0.2, 0) is 0 Å². The Balaban J connectivity index is 0.000000127. The summed E-state index contributed by atoms with van der Waals surface area (Å²) in [7, 11) is 0. The van der Waals surface area contributed by atoms with Crippen molar-refractivity contribution < 1.29 is 0 Å². The molecule has 0 radical (unpaired) electrons. The lowest BCUT2D eigenvalue weighted by Crippen LogP contribution is -2.23. The zero-order valence-electron chi connectivity index (χ0n) is 9.24. The second kappa shape index (κ2) is 3.40. The maximum Gasteiger partial charge on any atom is -0.0328 e. The molecular weight excluding hydrogens is 144 g/mol. The predicted octanol–water partition coefficient (Wildman–Crippen LogP) is 4.39. The summed E-state index contributed by atoms with van der Waals surface area (Å²) < 4.78 is 0. The fourth-order valence-electron chi connectivity index (χ4n) is 1.38. The molecule has 0 aromatic carbocycles. The quantitative estimate of drug-likeness (QED) is 0.544.